The van der Waals surface area contributed by atoms with Gasteiger partial charge in [0.2, 0.25) is 5.82 Å². The van der Waals surface area contributed by atoms with Crippen LogP contribution < -0.4 is 4.74 Å². The summed E-state index contributed by atoms with van der Waals surface area (Å²) in [4.78, 5) is 0. The first-order valence-electron chi connectivity index (χ1n) is 10.4. The topological polar surface area (TPSA) is 9.23 Å². The van der Waals surface area contributed by atoms with Gasteiger partial charge in [-0.05, 0) is 49.1 Å². The van der Waals surface area contributed by atoms with Gasteiger partial charge in [-0.1, -0.05) is 69.9 Å². The Balaban J connectivity index is 1.98. The summed E-state index contributed by atoms with van der Waals surface area (Å²) in [6.07, 6.45) is 8.78. The van der Waals surface area contributed by atoms with Gasteiger partial charge in [-0.15, -0.1) is 0 Å². The second-order valence-corrected chi connectivity index (χ2v) is 7.05. The van der Waals surface area contributed by atoms with Gasteiger partial charge in [-0.25, -0.2) is 4.39 Å². The molecular formula is C25H30F2O. The number of unbranched alkanes of at least 4 members (excludes halogenated alkanes) is 5. The number of benzene rings is 2. The summed E-state index contributed by atoms with van der Waals surface area (Å²) in [6.45, 7) is 4.70. The highest BCUT2D eigenvalue weighted by Gasteiger charge is 2.13. The molecule has 28 heavy (non-hydrogen) atoms. The monoisotopic (exact) mass is 384 g/mol. The van der Waals surface area contributed by atoms with Gasteiger partial charge in [0, 0.05) is 5.56 Å². The molecule has 0 spiro atoms. The van der Waals surface area contributed by atoms with Gasteiger partial charge in [0.1, 0.15) is 0 Å². The zero-order chi connectivity index (χ0) is 20.2. The van der Waals surface area contributed by atoms with Crippen LogP contribution in [0, 0.1) is 23.5 Å². The number of hydrogen-bond acceptors (Lipinski definition) is 1. The third-order valence-corrected chi connectivity index (χ3v) is 4.67. The van der Waals surface area contributed by atoms with Crippen LogP contribution in [-0.2, 0) is 6.42 Å². The molecule has 0 atom stereocenters. The number of halogens is 2. The Labute approximate surface area is 168 Å². The van der Waals surface area contributed by atoms with Gasteiger partial charge < -0.3 is 4.74 Å². The second-order valence-electron chi connectivity index (χ2n) is 7.05. The molecular weight excluding hydrogens is 354 g/mol. The van der Waals surface area contributed by atoms with E-state index in [2.05, 4.69) is 25.7 Å². The van der Waals surface area contributed by atoms with E-state index in [1.54, 1.807) is 0 Å². The number of hydrogen-bond donors (Lipinski definition) is 0. The van der Waals surface area contributed by atoms with Crippen molar-refractivity contribution in [1.29, 1.82) is 0 Å². The first kappa shape index (κ1) is 22.0. The lowest BCUT2D eigenvalue weighted by Gasteiger charge is -2.08. The summed E-state index contributed by atoms with van der Waals surface area (Å²) in [6, 6.07) is 10.9. The van der Waals surface area contributed by atoms with Gasteiger partial charge in [0.05, 0.1) is 12.2 Å². The van der Waals surface area contributed by atoms with E-state index in [4.69, 9.17) is 4.74 Å². The summed E-state index contributed by atoms with van der Waals surface area (Å²) >= 11 is 0. The standard InChI is InChI=1S/C25H30F2O/c1-3-5-7-9-19-28-23-18-17-22(24(26)25(23)27)16-15-21-13-11-20(12-14-21)10-8-6-4-2/h11-14,17-18H,3-10,19H2,1-2H3. The van der Waals surface area contributed by atoms with E-state index >= 15 is 0 Å². The van der Waals surface area contributed by atoms with Crippen molar-refractivity contribution in [3.8, 4) is 17.6 Å². The molecule has 0 radical (unpaired) electrons. The molecule has 0 aromatic heterocycles. The molecule has 0 saturated carbocycles. The van der Waals surface area contributed by atoms with Crippen LogP contribution in [0.2, 0.25) is 0 Å². The Morgan fingerprint density at radius 2 is 1.46 bits per heavy atom. The fraction of sp³-hybridized carbons (Fsp3) is 0.440. The van der Waals surface area contributed by atoms with E-state index in [-0.39, 0.29) is 11.3 Å². The molecule has 0 aliphatic heterocycles. The van der Waals surface area contributed by atoms with E-state index in [9.17, 15) is 8.78 Å². The zero-order valence-electron chi connectivity index (χ0n) is 17.0. The lowest BCUT2D eigenvalue weighted by atomic mass is 10.1. The molecule has 1 nitrogen and oxygen atoms in total. The summed E-state index contributed by atoms with van der Waals surface area (Å²) in [5.41, 5.74) is 2.11. The summed E-state index contributed by atoms with van der Waals surface area (Å²) in [5.74, 6) is 3.69. The molecule has 0 amide bonds. The smallest absolute Gasteiger partial charge is 0.201 e. The van der Waals surface area contributed by atoms with Crippen LogP contribution in [0.4, 0.5) is 8.78 Å². The van der Waals surface area contributed by atoms with Crippen LogP contribution in [0.15, 0.2) is 36.4 Å². The molecule has 150 valence electrons. The van der Waals surface area contributed by atoms with Gasteiger partial charge >= 0.3 is 0 Å². The van der Waals surface area contributed by atoms with Gasteiger partial charge in [0.15, 0.2) is 11.6 Å². The summed E-state index contributed by atoms with van der Waals surface area (Å²) in [7, 11) is 0. The molecule has 2 rings (SSSR count). The lowest BCUT2D eigenvalue weighted by molar-refractivity contribution is 0.285. The molecule has 0 N–H and O–H groups in total. The predicted octanol–water partition coefficient (Wildman–Crippen LogP) is 7.06. The van der Waals surface area contributed by atoms with E-state index < -0.39 is 11.6 Å². The van der Waals surface area contributed by atoms with E-state index in [1.165, 1.54) is 37.0 Å². The highest BCUT2D eigenvalue weighted by Crippen LogP contribution is 2.23. The van der Waals surface area contributed by atoms with E-state index in [0.29, 0.717) is 6.61 Å². The van der Waals surface area contributed by atoms with Gasteiger partial charge in [-0.2, -0.15) is 4.39 Å². The first-order chi connectivity index (χ1) is 13.7. The maximum Gasteiger partial charge on any atom is 0.201 e. The average molecular weight is 385 g/mol. The van der Waals surface area contributed by atoms with E-state index in [0.717, 1.165) is 37.7 Å². The molecule has 0 unspecified atom stereocenters. The predicted molar refractivity (Wildman–Crippen MR) is 112 cm³/mol. The fourth-order valence-electron chi connectivity index (χ4n) is 2.92. The summed E-state index contributed by atoms with van der Waals surface area (Å²) in [5, 5.41) is 0. The molecule has 0 fully saturated rings. The maximum atomic E-state index is 14.3. The summed E-state index contributed by atoms with van der Waals surface area (Å²) < 4.78 is 33.8. The van der Waals surface area contributed by atoms with Crippen LogP contribution in [0.5, 0.6) is 5.75 Å². The Kier molecular flexibility index (Phi) is 9.55. The molecule has 0 bridgehead atoms. The highest BCUT2D eigenvalue weighted by molar-refractivity contribution is 5.46. The average Bonchev–Trinajstić information content (AvgIpc) is 2.71. The molecule has 0 heterocycles. The SMILES string of the molecule is CCCCCCOc1ccc(C#Cc2ccc(CCCCC)cc2)c(F)c1F. The van der Waals surface area contributed by atoms with Crippen molar-refractivity contribution >= 4 is 0 Å². The van der Waals surface area contributed by atoms with Crippen LogP contribution in [0.1, 0.15) is 75.5 Å². The van der Waals surface area contributed by atoms with Crippen molar-refractivity contribution in [3.63, 3.8) is 0 Å². The lowest BCUT2D eigenvalue weighted by Crippen LogP contribution is -2.01. The maximum absolute atomic E-state index is 14.3. The van der Waals surface area contributed by atoms with Crippen LogP contribution >= 0.6 is 0 Å². The van der Waals surface area contributed by atoms with Crippen molar-refractivity contribution in [2.45, 2.75) is 65.2 Å². The Morgan fingerprint density at radius 1 is 0.750 bits per heavy atom. The molecule has 0 aliphatic carbocycles. The van der Waals surface area contributed by atoms with Crippen molar-refractivity contribution in [3.05, 3.63) is 64.7 Å². The van der Waals surface area contributed by atoms with Crippen LogP contribution in [-0.4, -0.2) is 6.61 Å². The Hall–Kier alpha value is -2.34. The number of rotatable bonds is 10. The molecule has 0 saturated heterocycles. The molecule has 2 aromatic rings. The number of ether oxygens (including phenoxy) is 1. The number of aryl methyl sites for hydroxylation is 1. The molecule has 3 heteroatoms. The Bertz CT molecular complexity index is 785. The van der Waals surface area contributed by atoms with Gasteiger partial charge in [0.25, 0.3) is 0 Å². The van der Waals surface area contributed by atoms with Crippen molar-refractivity contribution < 1.29 is 13.5 Å². The second kappa shape index (κ2) is 12.2. The first-order valence-corrected chi connectivity index (χ1v) is 10.4. The van der Waals surface area contributed by atoms with E-state index in [1.807, 2.05) is 24.3 Å². The van der Waals surface area contributed by atoms with Crippen molar-refractivity contribution in [2.24, 2.45) is 0 Å². The van der Waals surface area contributed by atoms with Crippen molar-refractivity contribution in [1.82, 2.24) is 0 Å². The minimum atomic E-state index is -0.964. The normalized spacial score (nSPS) is 10.4. The minimum Gasteiger partial charge on any atom is -0.490 e. The third kappa shape index (κ3) is 7.00. The minimum absolute atomic E-state index is 0.0443. The third-order valence-electron chi connectivity index (χ3n) is 4.67. The van der Waals surface area contributed by atoms with Gasteiger partial charge in [-0.3, -0.25) is 0 Å². The molecule has 2 aromatic carbocycles. The quantitative estimate of drug-likeness (QED) is 0.315. The Morgan fingerprint density at radius 3 is 2.18 bits per heavy atom. The zero-order valence-corrected chi connectivity index (χ0v) is 17.0. The van der Waals surface area contributed by atoms with Crippen molar-refractivity contribution in [2.75, 3.05) is 6.61 Å². The highest BCUT2D eigenvalue weighted by atomic mass is 19.2. The largest absolute Gasteiger partial charge is 0.490 e. The van der Waals surface area contributed by atoms with Crippen LogP contribution in [0.3, 0.4) is 0 Å². The fourth-order valence-corrected chi connectivity index (χ4v) is 2.92. The van der Waals surface area contributed by atoms with Crippen LogP contribution in [0.25, 0.3) is 0 Å². The molecule has 0 aliphatic rings.